The van der Waals surface area contributed by atoms with E-state index in [4.69, 9.17) is 0 Å². The second kappa shape index (κ2) is 8.43. The predicted molar refractivity (Wildman–Crippen MR) is 106 cm³/mol. The first-order chi connectivity index (χ1) is 13.3. The minimum atomic E-state index is -3.42. The normalized spacial score (nSPS) is 12.5. The minimum Gasteiger partial charge on any atom is -0.284 e. The Morgan fingerprint density at radius 3 is 2.43 bits per heavy atom. The van der Waals surface area contributed by atoms with Gasteiger partial charge in [0.25, 0.3) is 0 Å². The van der Waals surface area contributed by atoms with Crippen LogP contribution in [0.15, 0.2) is 55.0 Å². The third kappa shape index (κ3) is 5.82. The van der Waals surface area contributed by atoms with Crippen molar-refractivity contribution in [2.75, 3.05) is 11.0 Å². The van der Waals surface area contributed by atoms with Gasteiger partial charge in [-0.25, -0.2) is 12.8 Å². The summed E-state index contributed by atoms with van der Waals surface area (Å²) in [5, 5.41) is 0. The average Bonchev–Trinajstić information content (AvgIpc) is 2.61. The van der Waals surface area contributed by atoms with Crippen molar-refractivity contribution in [2.24, 2.45) is 0 Å². The SMILES string of the molecule is C[C@H](Cc1cc(NS(C)(=O)=O)cc(Cc2cnccn2)n1)c1ccc(F)cc1. The summed E-state index contributed by atoms with van der Waals surface area (Å²) >= 11 is 0. The average molecular weight is 400 g/mol. The molecule has 0 unspecified atom stereocenters. The Labute approximate surface area is 164 Å². The van der Waals surface area contributed by atoms with Gasteiger partial charge in [-0.15, -0.1) is 0 Å². The van der Waals surface area contributed by atoms with Crippen molar-refractivity contribution in [3.05, 3.63) is 83.5 Å². The van der Waals surface area contributed by atoms with Gasteiger partial charge < -0.3 is 0 Å². The van der Waals surface area contributed by atoms with Crippen molar-refractivity contribution >= 4 is 15.7 Å². The molecule has 0 aliphatic rings. The van der Waals surface area contributed by atoms with Crippen molar-refractivity contribution < 1.29 is 12.8 Å². The third-order valence-corrected chi connectivity index (χ3v) is 4.77. The van der Waals surface area contributed by atoms with Gasteiger partial charge in [-0.3, -0.25) is 19.7 Å². The molecule has 6 nitrogen and oxygen atoms in total. The van der Waals surface area contributed by atoms with Gasteiger partial charge in [0.1, 0.15) is 5.82 Å². The van der Waals surface area contributed by atoms with Crippen LogP contribution in [0.5, 0.6) is 0 Å². The molecule has 8 heteroatoms. The van der Waals surface area contributed by atoms with Crippen LogP contribution in [0.1, 0.15) is 35.5 Å². The van der Waals surface area contributed by atoms with Crippen LogP contribution in [0, 0.1) is 5.82 Å². The van der Waals surface area contributed by atoms with E-state index in [0.717, 1.165) is 23.2 Å². The molecule has 0 radical (unpaired) electrons. The van der Waals surface area contributed by atoms with Crippen LogP contribution >= 0.6 is 0 Å². The second-order valence-corrected chi connectivity index (χ2v) is 8.49. The molecule has 1 atom stereocenters. The monoisotopic (exact) mass is 400 g/mol. The van der Waals surface area contributed by atoms with Crippen LogP contribution in [-0.4, -0.2) is 29.6 Å². The highest BCUT2D eigenvalue weighted by molar-refractivity contribution is 7.92. The fraction of sp³-hybridized carbons (Fsp3) is 0.250. The zero-order valence-electron chi connectivity index (χ0n) is 15.6. The first-order valence-electron chi connectivity index (χ1n) is 8.76. The molecule has 28 heavy (non-hydrogen) atoms. The number of sulfonamides is 1. The number of anilines is 1. The largest absolute Gasteiger partial charge is 0.284 e. The quantitative estimate of drug-likeness (QED) is 0.658. The second-order valence-electron chi connectivity index (χ2n) is 6.74. The molecule has 1 N–H and O–H groups in total. The Morgan fingerprint density at radius 1 is 1.07 bits per heavy atom. The fourth-order valence-electron chi connectivity index (χ4n) is 2.95. The molecule has 0 saturated carbocycles. The van der Waals surface area contributed by atoms with Crippen molar-refractivity contribution in [3.63, 3.8) is 0 Å². The van der Waals surface area contributed by atoms with Gasteiger partial charge in [0.05, 0.1) is 17.6 Å². The molecule has 0 aliphatic carbocycles. The van der Waals surface area contributed by atoms with Crippen molar-refractivity contribution in [2.45, 2.75) is 25.7 Å². The van der Waals surface area contributed by atoms with Crippen LogP contribution < -0.4 is 4.72 Å². The number of aromatic nitrogens is 3. The van der Waals surface area contributed by atoms with E-state index in [-0.39, 0.29) is 11.7 Å². The van der Waals surface area contributed by atoms with E-state index in [2.05, 4.69) is 19.7 Å². The molecule has 0 fully saturated rings. The number of hydrogen-bond donors (Lipinski definition) is 1. The van der Waals surface area contributed by atoms with Crippen molar-refractivity contribution in [1.29, 1.82) is 0 Å². The number of pyridine rings is 1. The van der Waals surface area contributed by atoms with Gasteiger partial charge in [0, 0.05) is 36.4 Å². The van der Waals surface area contributed by atoms with E-state index >= 15 is 0 Å². The molecule has 0 amide bonds. The zero-order valence-corrected chi connectivity index (χ0v) is 16.4. The van der Waals surface area contributed by atoms with E-state index in [1.807, 2.05) is 6.92 Å². The molecule has 0 saturated heterocycles. The lowest BCUT2D eigenvalue weighted by molar-refractivity contribution is 0.607. The highest BCUT2D eigenvalue weighted by atomic mass is 32.2. The molecule has 146 valence electrons. The highest BCUT2D eigenvalue weighted by Gasteiger charge is 2.12. The van der Waals surface area contributed by atoms with Crippen molar-refractivity contribution in [1.82, 2.24) is 15.0 Å². The smallest absolute Gasteiger partial charge is 0.229 e. The van der Waals surface area contributed by atoms with Crippen LogP contribution in [0.25, 0.3) is 0 Å². The number of nitrogens with zero attached hydrogens (tertiary/aromatic N) is 3. The van der Waals surface area contributed by atoms with Crippen LogP contribution in [0.2, 0.25) is 0 Å². The number of nitrogens with one attached hydrogen (secondary N) is 1. The summed E-state index contributed by atoms with van der Waals surface area (Å²) in [5.41, 5.74) is 3.61. The number of hydrogen-bond acceptors (Lipinski definition) is 5. The van der Waals surface area contributed by atoms with Gasteiger partial charge in [-0.1, -0.05) is 19.1 Å². The summed E-state index contributed by atoms with van der Waals surface area (Å²) in [6.07, 6.45) is 6.97. The van der Waals surface area contributed by atoms with Crippen LogP contribution in [-0.2, 0) is 22.9 Å². The minimum absolute atomic E-state index is 0.0888. The number of halogens is 1. The van der Waals surface area contributed by atoms with Gasteiger partial charge in [0.15, 0.2) is 0 Å². The topological polar surface area (TPSA) is 84.8 Å². The molecule has 3 aromatic rings. The Kier molecular flexibility index (Phi) is 5.99. The lowest BCUT2D eigenvalue weighted by Gasteiger charge is -2.14. The molecular formula is C20H21FN4O2S. The molecule has 0 spiro atoms. The molecule has 0 aliphatic heterocycles. The Balaban J connectivity index is 1.88. The summed E-state index contributed by atoms with van der Waals surface area (Å²) in [5.74, 6) is -0.189. The van der Waals surface area contributed by atoms with Crippen molar-refractivity contribution in [3.8, 4) is 0 Å². The van der Waals surface area contributed by atoms with Gasteiger partial charge in [0.2, 0.25) is 10.0 Å². The maximum Gasteiger partial charge on any atom is 0.229 e. The molecule has 3 rings (SSSR count). The number of benzene rings is 1. The van der Waals surface area contributed by atoms with Crippen LogP contribution in [0.3, 0.4) is 0 Å². The first-order valence-corrected chi connectivity index (χ1v) is 10.7. The molecule has 1 aromatic carbocycles. The third-order valence-electron chi connectivity index (χ3n) is 4.17. The van der Waals surface area contributed by atoms with E-state index in [0.29, 0.717) is 24.2 Å². The van der Waals surface area contributed by atoms with Crippen LogP contribution in [0.4, 0.5) is 10.1 Å². The highest BCUT2D eigenvalue weighted by Crippen LogP contribution is 2.23. The summed E-state index contributed by atoms with van der Waals surface area (Å²) in [6.45, 7) is 2.02. The van der Waals surface area contributed by atoms with E-state index in [9.17, 15) is 12.8 Å². The van der Waals surface area contributed by atoms with Gasteiger partial charge >= 0.3 is 0 Å². The Hall–Kier alpha value is -2.87. The Morgan fingerprint density at radius 2 is 1.79 bits per heavy atom. The first kappa shape index (κ1) is 19.9. The molecular weight excluding hydrogens is 379 g/mol. The standard InChI is InChI=1S/C20H21FN4O2S/c1-14(15-3-5-16(21)6-4-15)9-17-10-19(25-28(2,26)27)11-18(24-17)12-20-13-22-7-8-23-20/h3-8,10-11,13-14H,9,12H2,1-2H3,(H,24,25)/t14-/m1/s1. The van der Waals surface area contributed by atoms with Gasteiger partial charge in [-0.05, 0) is 42.2 Å². The summed E-state index contributed by atoms with van der Waals surface area (Å²) in [4.78, 5) is 13.0. The summed E-state index contributed by atoms with van der Waals surface area (Å²) in [6, 6.07) is 9.78. The maximum atomic E-state index is 13.2. The maximum absolute atomic E-state index is 13.2. The van der Waals surface area contributed by atoms with E-state index in [1.165, 1.54) is 12.1 Å². The zero-order chi connectivity index (χ0) is 20.1. The lowest BCUT2D eigenvalue weighted by Crippen LogP contribution is -2.12. The molecule has 2 heterocycles. The summed E-state index contributed by atoms with van der Waals surface area (Å²) < 4.78 is 39.0. The lowest BCUT2D eigenvalue weighted by atomic mass is 9.95. The Bertz CT molecular complexity index is 1040. The molecule has 2 aromatic heterocycles. The van der Waals surface area contributed by atoms with Gasteiger partial charge in [-0.2, -0.15) is 0 Å². The fourth-order valence-corrected chi connectivity index (χ4v) is 3.49. The van der Waals surface area contributed by atoms with E-state index in [1.54, 1.807) is 42.9 Å². The van der Waals surface area contributed by atoms with E-state index < -0.39 is 10.0 Å². The summed E-state index contributed by atoms with van der Waals surface area (Å²) in [7, 11) is -3.42. The molecule has 0 bridgehead atoms. The predicted octanol–water partition coefficient (Wildman–Crippen LogP) is 3.32. The number of rotatable bonds is 7.